The summed E-state index contributed by atoms with van der Waals surface area (Å²) in [6.45, 7) is 1.44. The molecule has 0 radical (unpaired) electrons. The summed E-state index contributed by atoms with van der Waals surface area (Å²) >= 11 is 4.94. The molecule has 0 saturated carbocycles. The lowest BCUT2D eigenvalue weighted by Gasteiger charge is -2.20. The van der Waals surface area contributed by atoms with Crippen molar-refractivity contribution in [2.45, 2.75) is 24.3 Å². The van der Waals surface area contributed by atoms with Crippen LogP contribution in [0.2, 0.25) is 0 Å². The maximum Gasteiger partial charge on any atom is 0.260 e. The molecule has 1 aliphatic heterocycles. The number of nitrogens with zero attached hydrogens (tertiary/aromatic N) is 3. The van der Waals surface area contributed by atoms with E-state index in [9.17, 15) is 13.2 Å². The van der Waals surface area contributed by atoms with Crippen molar-refractivity contribution >= 4 is 58.5 Å². The summed E-state index contributed by atoms with van der Waals surface area (Å²) < 4.78 is 29.1. The minimum Gasteiger partial charge on any atom is -0.279 e. The van der Waals surface area contributed by atoms with Crippen LogP contribution in [0.1, 0.15) is 28.8 Å². The second-order valence-electron chi connectivity index (χ2n) is 8.12. The van der Waals surface area contributed by atoms with Gasteiger partial charge in [-0.25, -0.2) is 13.4 Å². The van der Waals surface area contributed by atoms with Gasteiger partial charge in [0.1, 0.15) is 0 Å². The van der Waals surface area contributed by atoms with Gasteiger partial charge in [-0.2, -0.15) is 4.31 Å². The van der Waals surface area contributed by atoms with Gasteiger partial charge in [0.25, 0.3) is 5.91 Å². The summed E-state index contributed by atoms with van der Waals surface area (Å²) in [6, 6.07) is 21.8. The number of amides is 1. The Morgan fingerprint density at radius 2 is 1.71 bits per heavy atom. The molecule has 3 aromatic carbocycles. The monoisotopic (exact) mass is 555 g/mol. The summed E-state index contributed by atoms with van der Waals surface area (Å²) in [6.07, 6.45) is 1.76. The molecule has 0 spiro atoms. The number of hydrogen-bond acceptors (Lipinski definition) is 5. The maximum absolute atomic E-state index is 13.6. The molecule has 0 aliphatic carbocycles. The molecule has 2 heterocycles. The molecule has 4 aromatic rings. The van der Waals surface area contributed by atoms with Gasteiger partial charge in [0, 0.05) is 23.1 Å². The van der Waals surface area contributed by atoms with Crippen molar-refractivity contribution < 1.29 is 13.2 Å². The van der Waals surface area contributed by atoms with Crippen molar-refractivity contribution in [2.24, 2.45) is 0 Å². The van der Waals surface area contributed by atoms with Crippen LogP contribution in [0.15, 0.2) is 82.2 Å². The number of carbonyl (C=O) groups is 1. The molecule has 1 aliphatic rings. The van der Waals surface area contributed by atoms with E-state index < -0.39 is 10.0 Å². The van der Waals surface area contributed by atoms with Gasteiger partial charge < -0.3 is 0 Å². The SMILES string of the molecule is O=C(c1ccc(S(=O)(=O)N2CCCC2)cc1)N(Cc1ccccc1)c1nc2ccc(Br)cc2s1. The topological polar surface area (TPSA) is 70.6 Å². The van der Waals surface area contributed by atoms with Gasteiger partial charge in [-0.1, -0.05) is 57.6 Å². The number of benzene rings is 3. The smallest absolute Gasteiger partial charge is 0.260 e. The molecular weight excluding hydrogens is 534 g/mol. The van der Waals surface area contributed by atoms with Gasteiger partial charge in [0.15, 0.2) is 5.13 Å². The molecule has 0 bridgehead atoms. The highest BCUT2D eigenvalue weighted by molar-refractivity contribution is 9.10. The third-order valence-corrected chi connectivity index (χ3v) is 9.25. The molecule has 34 heavy (non-hydrogen) atoms. The van der Waals surface area contributed by atoms with Crippen LogP contribution in [0, 0.1) is 0 Å². The standard InChI is InChI=1S/C25H22BrN3O3S2/c26-20-10-13-22-23(16-20)33-25(27-22)29(17-18-6-2-1-3-7-18)24(30)19-8-11-21(12-9-19)34(31,32)28-14-4-5-15-28/h1-3,6-13,16H,4-5,14-15,17H2. The molecular formula is C25H22BrN3O3S2. The minimum absolute atomic E-state index is 0.213. The molecule has 1 saturated heterocycles. The molecule has 1 fully saturated rings. The highest BCUT2D eigenvalue weighted by Gasteiger charge is 2.28. The molecule has 0 N–H and O–H groups in total. The average molecular weight is 557 g/mol. The van der Waals surface area contributed by atoms with Crippen LogP contribution in [0.5, 0.6) is 0 Å². The first-order valence-electron chi connectivity index (χ1n) is 10.9. The van der Waals surface area contributed by atoms with E-state index in [-0.39, 0.29) is 10.8 Å². The van der Waals surface area contributed by atoms with E-state index in [2.05, 4.69) is 15.9 Å². The lowest BCUT2D eigenvalue weighted by atomic mass is 10.1. The van der Waals surface area contributed by atoms with E-state index in [0.29, 0.717) is 30.3 Å². The number of halogens is 1. The summed E-state index contributed by atoms with van der Waals surface area (Å²) in [5.74, 6) is -0.230. The fraction of sp³-hybridized carbons (Fsp3) is 0.200. The molecule has 1 aromatic heterocycles. The molecule has 1 amide bonds. The van der Waals surface area contributed by atoms with Gasteiger partial charge in [0.2, 0.25) is 10.0 Å². The number of thiazole rings is 1. The Hall–Kier alpha value is -2.59. The molecule has 5 rings (SSSR count). The van der Waals surface area contributed by atoms with Crippen LogP contribution in [-0.4, -0.2) is 36.7 Å². The van der Waals surface area contributed by atoms with Crippen molar-refractivity contribution in [3.63, 3.8) is 0 Å². The van der Waals surface area contributed by atoms with E-state index >= 15 is 0 Å². The predicted molar refractivity (Wildman–Crippen MR) is 139 cm³/mol. The van der Waals surface area contributed by atoms with Crippen molar-refractivity contribution in [1.29, 1.82) is 0 Å². The molecule has 0 unspecified atom stereocenters. The van der Waals surface area contributed by atoms with Gasteiger partial charge >= 0.3 is 0 Å². The van der Waals surface area contributed by atoms with Crippen LogP contribution in [0.25, 0.3) is 10.2 Å². The Morgan fingerprint density at radius 1 is 1.00 bits per heavy atom. The van der Waals surface area contributed by atoms with Crippen LogP contribution < -0.4 is 4.90 Å². The third-order valence-electron chi connectivity index (χ3n) is 5.80. The number of sulfonamides is 1. The zero-order valence-corrected chi connectivity index (χ0v) is 21.4. The van der Waals surface area contributed by atoms with Gasteiger partial charge in [-0.15, -0.1) is 0 Å². The molecule has 174 valence electrons. The number of anilines is 1. The molecule has 9 heteroatoms. The van der Waals surface area contributed by atoms with Crippen LogP contribution in [0.3, 0.4) is 0 Å². The summed E-state index contributed by atoms with van der Waals surface area (Å²) in [5.41, 5.74) is 2.21. The second-order valence-corrected chi connectivity index (χ2v) is 12.0. The van der Waals surface area contributed by atoms with E-state index in [1.807, 2.05) is 48.5 Å². The van der Waals surface area contributed by atoms with E-state index in [4.69, 9.17) is 4.98 Å². The van der Waals surface area contributed by atoms with Crippen molar-refractivity contribution in [3.8, 4) is 0 Å². The predicted octanol–water partition coefficient (Wildman–Crippen LogP) is 5.69. The van der Waals surface area contributed by atoms with Crippen LogP contribution in [-0.2, 0) is 16.6 Å². The van der Waals surface area contributed by atoms with E-state index in [1.54, 1.807) is 17.0 Å². The zero-order valence-electron chi connectivity index (χ0n) is 18.2. The number of fused-ring (bicyclic) bond motifs is 1. The third kappa shape index (κ3) is 4.65. The van der Waals surface area contributed by atoms with Crippen molar-refractivity contribution in [1.82, 2.24) is 9.29 Å². The number of rotatable bonds is 6. The quantitative estimate of drug-likeness (QED) is 0.306. The Balaban J connectivity index is 1.48. The normalized spacial score (nSPS) is 14.5. The first-order valence-corrected chi connectivity index (χ1v) is 14.0. The Labute approximate surface area is 211 Å². The highest BCUT2D eigenvalue weighted by atomic mass is 79.9. The average Bonchev–Trinajstić information content (AvgIpc) is 3.53. The largest absolute Gasteiger partial charge is 0.279 e. The van der Waals surface area contributed by atoms with Crippen molar-refractivity contribution in [2.75, 3.05) is 18.0 Å². The Bertz CT molecular complexity index is 1430. The van der Waals surface area contributed by atoms with Crippen LogP contribution >= 0.6 is 27.3 Å². The first kappa shape index (κ1) is 23.2. The van der Waals surface area contributed by atoms with Crippen molar-refractivity contribution in [3.05, 3.63) is 88.4 Å². The van der Waals surface area contributed by atoms with E-state index in [1.165, 1.54) is 27.8 Å². The summed E-state index contributed by atoms with van der Waals surface area (Å²) in [5, 5.41) is 0.593. The Morgan fingerprint density at radius 3 is 2.41 bits per heavy atom. The van der Waals surface area contributed by atoms with Gasteiger partial charge in [-0.05, 0) is 60.9 Å². The maximum atomic E-state index is 13.6. The van der Waals surface area contributed by atoms with Gasteiger partial charge in [-0.3, -0.25) is 9.69 Å². The zero-order chi connectivity index (χ0) is 23.7. The fourth-order valence-electron chi connectivity index (χ4n) is 4.00. The lowest BCUT2D eigenvalue weighted by molar-refractivity contribution is 0.0985. The molecule has 0 atom stereocenters. The fourth-order valence-corrected chi connectivity index (χ4v) is 7.03. The summed E-state index contributed by atoms with van der Waals surface area (Å²) in [4.78, 5) is 20.2. The number of carbonyl (C=O) groups excluding carboxylic acids is 1. The van der Waals surface area contributed by atoms with Gasteiger partial charge in [0.05, 0.1) is 21.7 Å². The molecule has 6 nitrogen and oxygen atoms in total. The lowest BCUT2D eigenvalue weighted by Crippen LogP contribution is -2.30. The first-order chi connectivity index (χ1) is 16.4. The number of aromatic nitrogens is 1. The minimum atomic E-state index is -3.53. The highest BCUT2D eigenvalue weighted by Crippen LogP contribution is 2.33. The van der Waals surface area contributed by atoms with E-state index in [0.717, 1.165) is 33.1 Å². The number of hydrogen-bond donors (Lipinski definition) is 0. The second kappa shape index (κ2) is 9.58. The Kier molecular flexibility index (Phi) is 6.52. The summed E-state index contributed by atoms with van der Waals surface area (Å²) in [7, 11) is -3.53. The van der Waals surface area contributed by atoms with Crippen LogP contribution in [0.4, 0.5) is 5.13 Å².